The van der Waals surface area contributed by atoms with E-state index < -0.39 is 11.8 Å². The Balaban J connectivity index is 1.43. The van der Waals surface area contributed by atoms with Gasteiger partial charge < -0.3 is 14.5 Å². The molecule has 3 heterocycles. The normalized spacial score (nSPS) is 25.3. The van der Waals surface area contributed by atoms with Crippen LogP contribution in [0.3, 0.4) is 0 Å². The highest BCUT2D eigenvalue weighted by molar-refractivity contribution is 5.99. The molecule has 1 atom stereocenters. The van der Waals surface area contributed by atoms with Crippen molar-refractivity contribution in [1.82, 2.24) is 14.7 Å². The molecule has 7 heteroatoms. The molecular weight excluding hydrogens is 394 g/mol. The lowest BCUT2D eigenvalue weighted by Crippen LogP contribution is -2.60. The number of benzene rings is 1. The Labute approximate surface area is 183 Å². The van der Waals surface area contributed by atoms with E-state index >= 15 is 0 Å². The van der Waals surface area contributed by atoms with Crippen molar-refractivity contribution >= 4 is 17.7 Å². The first kappa shape index (κ1) is 20.5. The lowest BCUT2D eigenvalue weighted by molar-refractivity contribution is -0.146. The Morgan fingerprint density at radius 3 is 2.23 bits per heavy atom. The van der Waals surface area contributed by atoms with E-state index in [1.807, 2.05) is 41.0 Å². The van der Waals surface area contributed by atoms with Crippen LogP contribution in [0.15, 0.2) is 24.3 Å². The Hall–Kier alpha value is -2.41. The van der Waals surface area contributed by atoms with Crippen LogP contribution in [-0.2, 0) is 14.3 Å². The fourth-order valence-corrected chi connectivity index (χ4v) is 5.31. The summed E-state index contributed by atoms with van der Waals surface area (Å²) in [5.41, 5.74) is 0.686. The zero-order valence-corrected chi connectivity index (χ0v) is 18.2. The van der Waals surface area contributed by atoms with E-state index in [1.54, 1.807) is 4.90 Å². The number of amides is 3. The number of ether oxygens (including phenoxy) is 1. The molecule has 5 rings (SSSR count). The summed E-state index contributed by atoms with van der Waals surface area (Å²) in [5.74, 6) is 0.268. The molecule has 0 N–H and O–H groups in total. The summed E-state index contributed by atoms with van der Waals surface area (Å²) in [4.78, 5) is 45.2. The van der Waals surface area contributed by atoms with E-state index in [2.05, 4.69) is 0 Å². The summed E-state index contributed by atoms with van der Waals surface area (Å²) >= 11 is 0. The van der Waals surface area contributed by atoms with Gasteiger partial charge >= 0.3 is 0 Å². The minimum Gasteiger partial charge on any atom is -0.353 e. The third kappa shape index (κ3) is 3.63. The predicted molar refractivity (Wildman–Crippen MR) is 114 cm³/mol. The molecule has 1 aliphatic carbocycles. The van der Waals surface area contributed by atoms with Crippen molar-refractivity contribution in [2.24, 2.45) is 5.92 Å². The fourth-order valence-electron chi connectivity index (χ4n) is 5.31. The van der Waals surface area contributed by atoms with Crippen LogP contribution >= 0.6 is 0 Å². The average molecular weight is 426 g/mol. The first-order valence-corrected chi connectivity index (χ1v) is 11.6. The summed E-state index contributed by atoms with van der Waals surface area (Å²) in [5, 5.41) is 0. The topological polar surface area (TPSA) is 70.2 Å². The van der Waals surface area contributed by atoms with Gasteiger partial charge in [-0.1, -0.05) is 18.2 Å². The van der Waals surface area contributed by atoms with Crippen molar-refractivity contribution in [3.05, 3.63) is 35.4 Å². The summed E-state index contributed by atoms with van der Waals surface area (Å²) in [6.45, 7) is 4.78. The second-order valence-corrected chi connectivity index (χ2v) is 9.40. The van der Waals surface area contributed by atoms with Crippen LogP contribution in [0.5, 0.6) is 0 Å². The molecule has 4 aliphatic rings. The highest BCUT2D eigenvalue weighted by Crippen LogP contribution is 2.41. The van der Waals surface area contributed by atoms with Gasteiger partial charge in [0, 0.05) is 50.5 Å². The number of piperidine rings is 1. The largest absolute Gasteiger partial charge is 0.353 e. The van der Waals surface area contributed by atoms with Crippen molar-refractivity contribution in [2.75, 3.05) is 32.8 Å². The summed E-state index contributed by atoms with van der Waals surface area (Å²) in [6, 6.07) is 6.92. The van der Waals surface area contributed by atoms with E-state index in [1.165, 1.54) is 0 Å². The zero-order valence-electron chi connectivity index (χ0n) is 18.2. The molecule has 1 spiro atoms. The van der Waals surface area contributed by atoms with Crippen molar-refractivity contribution in [3.63, 3.8) is 0 Å². The van der Waals surface area contributed by atoms with E-state index in [4.69, 9.17) is 4.74 Å². The summed E-state index contributed by atoms with van der Waals surface area (Å²) < 4.78 is 6.29. The minimum atomic E-state index is -0.820. The first-order valence-electron chi connectivity index (χ1n) is 11.6. The Bertz CT molecular complexity index is 883. The number of carbonyl (C=O) groups is 3. The number of likely N-dealkylation sites (tertiary alicyclic amines) is 2. The molecule has 0 unspecified atom stereocenters. The standard InChI is InChI=1S/C24H31N3O4/c1-17-6-2-3-7-19(17)22(29)27-20(23(30)25-12-4-5-13-25)16-31-24(27)10-14-26(15-11-24)21(28)18-8-9-18/h2-3,6-7,18,20H,4-5,8-16H2,1H3/t20-/m0/s1. The van der Waals surface area contributed by atoms with Gasteiger partial charge in [0.05, 0.1) is 6.61 Å². The molecule has 3 amide bonds. The molecule has 4 fully saturated rings. The second kappa shape index (κ2) is 7.93. The van der Waals surface area contributed by atoms with Crippen LogP contribution in [0, 0.1) is 12.8 Å². The van der Waals surface area contributed by atoms with E-state index in [9.17, 15) is 14.4 Å². The molecule has 3 saturated heterocycles. The molecule has 31 heavy (non-hydrogen) atoms. The molecule has 1 aromatic rings. The lowest BCUT2D eigenvalue weighted by Gasteiger charge is -2.45. The number of hydrogen-bond acceptors (Lipinski definition) is 4. The third-order valence-electron chi connectivity index (χ3n) is 7.34. The van der Waals surface area contributed by atoms with Gasteiger partial charge in [0.2, 0.25) is 11.8 Å². The van der Waals surface area contributed by atoms with Crippen LogP contribution in [0.1, 0.15) is 54.4 Å². The molecule has 3 aliphatic heterocycles. The SMILES string of the molecule is Cc1ccccc1C(=O)N1[C@H](C(=O)N2CCCC2)COC12CCN(C(=O)C1CC1)CC2. The minimum absolute atomic E-state index is 0.00667. The number of hydrogen-bond donors (Lipinski definition) is 0. The zero-order chi connectivity index (χ0) is 21.6. The van der Waals surface area contributed by atoms with Crippen LogP contribution in [0.4, 0.5) is 0 Å². The summed E-state index contributed by atoms with van der Waals surface area (Å²) in [7, 11) is 0. The number of rotatable bonds is 3. The van der Waals surface area contributed by atoms with Crippen molar-refractivity contribution < 1.29 is 19.1 Å². The second-order valence-electron chi connectivity index (χ2n) is 9.40. The van der Waals surface area contributed by atoms with Gasteiger partial charge in [0.1, 0.15) is 11.8 Å². The van der Waals surface area contributed by atoms with Gasteiger partial charge in [0.25, 0.3) is 5.91 Å². The molecule has 0 aromatic heterocycles. The highest BCUT2D eigenvalue weighted by Gasteiger charge is 2.55. The van der Waals surface area contributed by atoms with Crippen LogP contribution in [0.2, 0.25) is 0 Å². The first-order chi connectivity index (χ1) is 15.0. The molecule has 7 nitrogen and oxygen atoms in total. The number of nitrogens with zero attached hydrogens (tertiary/aromatic N) is 3. The van der Waals surface area contributed by atoms with E-state index in [0.717, 1.165) is 44.3 Å². The van der Waals surface area contributed by atoms with Crippen LogP contribution < -0.4 is 0 Å². The molecule has 0 radical (unpaired) electrons. The summed E-state index contributed by atoms with van der Waals surface area (Å²) in [6.07, 6.45) is 5.09. The smallest absolute Gasteiger partial charge is 0.257 e. The van der Waals surface area contributed by atoms with Crippen LogP contribution in [-0.4, -0.2) is 77.0 Å². The molecule has 1 saturated carbocycles. The van der Waals surface area contributed by atoms with Gasteiger partial charge in [-0.15, -0.1) is 0 Å². The lowest BCUT2D eigenvalue weighted by atomic mass is 9.95. The maximum absolute atomic E-state index is 13.8. The van der Waals surface area contributed by atoms with Crippen molar-refractivity contribution in [1.29, 1.82) is 0 Å². The third-order valence-corrected chi connectivity index (χ3v) is 7.34. The molecule has 0 bridgehead atoms. The highest BCUT2D eigenvalue weighted by atomic mass is 16.5. The van der Waals surface area contributed by atoms with Crippen LogP contribution in [0.25, 0.3) is 0 Å². The Morgan fingerprint density at radius 2 is 1.58 bits per heavy atom. The maximum atomic E-state index is 13.8. The van der Waals surface area contributed by atoms with Gasteiger partial charge in [-0.3, -0.25) is 19.3 Å². The number of carbonyl (C=O) groups excluding carboxylic acids is 3. The monoisotopic (exact) mass is 425 g/mol. The van der Waals surface area contributed by atoms with E-state index in [-0.39, 0.29) is 30.2 Å². The predicted octanol–water partition coefficient (Wildman–Crippen LogP) is 2.19. The molecule has 1 aromatic carbocycles. The molecular formula is C24H31N3O4. The van der Waals surface area contributed by atoms with Gasteiger partial charge in [0.15, 0.2) is 0 Å². The molecule has 166 valence electrons. The van der Waals surface area contributed by atoms with Gasteiger partial charge in [-0.25, -0.2) is 0 Å². The average Bonchev–Trinajstić information content (AvgIpc) is 3.36. The van der Waals surface area contributed by atoms with Gasteiger partial charge in [-0.05, 0) is 44.2 Å². The number of aryl methyl sites for hydroxylation is 1. The van der Waals surface area contributed by atoms with E-state index in [0.29, 0.717) is 31.5 Å². The van der Waals surface area contributed by atoms with Crippen molar-refractivity contribution in [3.8, 4) is 0 Å². The van der Waals surface area contributed by atoms with Gasteiger partial charge in [-0.2, -0.15) is 0 Å². The Kier molecular flexibility index (Phi) is 5.24. The quantitative estimate of drug-likeness (QED) is 0.744. The van der Waals surface area contributed by atoms with Crippen molar-refractivity contribution in [2.45, 2.75) is 57.2 Å². The fraction of sp³-hybridized carbons (Fsp3) is 0.625. The Morgan fingerprint density at radius 1 is 0.935 bits per heavy atom. The maximum Gasteiger partial charge on any atom is 0.257 e.